The van der Waals surface area contributed by atoms with E-state index in [9.17, 15) is 9.59 Å². The van der Waals surface area contributed by atoms with E-state index >= 15 is 0 Å². The van der Waals surface area contributed by atoms with Crippen LogP contribution in [-0.4, -0.2) is 32.0 Å². The van der Waals surface area contributed by atoms with Gasteiger partial charge in [0.05, 0.1) is 0 Å². The SMILES string of the molecule is CCCCNC(=O)c1nc2nc(C)cc(=O)n2[nH]1. The Balaban J connectivity index is 2.27. The van der Waals surface area contributed by atoms with E-state index in [0.29, 0.717) is 12.2 Å². The second-order valence-electron chi connectivity index (χ2n) is 4.05. The second-order valence-corrected chi connectivity index (χ2v) is 4.05. The zero-order valence-electron chi connectivity index (χ0n) is 10.4. The number of nitrogens with zero attached hydrogens (tertiary/aromatic N) is 3. The molecule has 1 amide bonds. The summed E-state index contributed by atoms with van der Waals surface area (Å²) in [6, 6.07) is 1.38. The first-order chi connectivity index (χ1) is 8.61. The molecule has 96 valence electrons. The fourth-order valence-electron chi connectivity index (χ4n) is 1.56. The monoisotopic (exact) mass is 249 g/mol. The zero-order chi connectivity index (χ0) is 13.1. The number of rotatable bonds is 4. The van der Waals surface area contributed by atoms with Crippen molar-refractivity contribution >= 4 is 11.7 Å². The number of amides is 1. The number of carbonyl (C=O) groups excluding carboxylic acids is 1. The molecule has 0 saturated heterocycles. The number of nitrogens with one attached hydrogen (secondary N) is 2. The molecule has 0 atom stereocenters. The first-order valence-corrected chi connectivity index (χ1v) is 5.86. The van der Waals surface area contributed by atoms with E-state index in [4.69, 9.17) is 0 Å². The van der Waals surface area contributed by atoms with Crippen molar-refractivity contribution in [3.8, 4) is 0 Å². The normalized spacial score (nSPS) is 10.8. The lowest BCUT2D eigenvalue weighted by Crippen LogP contribution is -2.25. The van der Waals surface area contributed by atoms with Crippen LogP contribution in [0.25, 0.3) is 5.78 Å². The van der Waals surface area contributed by atoms with E-state index < -0.39 is 0 Å². The first kappa shape index (κ1) is 12.3. The molecular weight excluding hydrogens is 234 g/mol. The summed E-state index contributed by atoms with van der Waals surface area (Å²) in [7, 11) is 0. The highest BCUT2D eigenvalue weighted by molar-refractivity contribution is 5.90. The standard InChI is InChI=1S/C11H15N5O2/c1-3-4-5-12-10(18)9-14-11-13-7(2)6-8(17)16(11)15-9/h6H,3-5H2,1-2H3,(H,12,18)(H,13,14,15). The Morgan fingerprint density at radius 2 is 2.28 bits per heavy atom. The Hall–Kier alpha value is -2.18. The number of aromatic nitrogens is 4. The molecule has 0 unspecified atom stereocenters. The van der Waals surface area contributed by atoms with Gasteiger partial charge in [0.2, 0.25) is 5.82 Å². The molecule has 0 aromatic carbocycles. The highest BCUT2D eigenvalue weighted by Gasteiger charge is 2.12. The Morgan fingerprint density at radius 1 is 1.50 bits per heavy atom. The van der Waals surface area contributed by atoms with Crippen molar-refractivity contribution in [2.75, 3.05) is 6.54 Å². The van der Waals surface area contributed by atoms with Crippen molar-refractivity contribution in [1.82, 2.24) is 24.9 Å². The van der Waals surface area contributed by atoms with E-state index in [2.05, 4.69) is 20.4 Å². The molecule has 0 aliphatic heterocycles. The van der Waals surface area contributed by atoms with Crippen LogP contribution in [0.3, 0.4) is 0 Å². The Kier molecular flexibility index (Phi) is 3.40. The number of hydrogen-bond acceptors (Lipinski definition) is 4. The highest BCUT2D eigenvalue weighted by Crippen LogP contribution is 1.97. The summed E-state index contributed by atoms with van der Waals surface area (Å²) >= 11 is 0. The third kappa shape index (κ3) is 2.39. The number of aryl methyl sites for hydroxylation is 1. The van der Waals surface area contributed by atoms with E-state index in [0.717, 1.165) is 17.4 Å². The van der Waals surface area contributed by atoms with Crippen molar-refractivity contribution in [3.63, 3.8) is 0 Å². The van der Waals surface area contributed by atoms with Crippen molar-refractivity contribution in [1.29, 1.82) is 0 Å². The minimum absolute atomic E-state index is 0.0984. The maximum atomic E-state index is 11.7. The summed E-state index contributed by atoms with van der Waals surface area (Å²) in [5, 5.41) is 5.36. The van der Waals surface area contributed by atoms with Crippen LogP contribution in [0.4, 0.5) is 0 Å². The molecule has 0 aliphatic rings. The van der Waals surface area contributed by atoms with Crippen LogP contribution in [-0.2, 0) is 0 Å². The Bertz CT molecular complexity index is 628. The van der Waals surface area contributed by atoms with Crippen molar-refractivity contribution in [2.24, 2.45) is 0 Å². The average molecular weight is 249 g/mol. The van der Waals surface area contributed by atoms with Crippen LogP contribution in [0.2, 0.25) is 0 Å². The smallest absolute Gasteiger partial charge is 0.288 e. The summed E-state index contributed by atoms with van der Waals surface area (Å²) in [6.07, 6.45) is 1.91. The maximum absolute atomic E-state index is 11.7. The molecule has 7 heteroatoms. The third-order valence-corrected chi connectivity index (χ3v) is 2.49. The van der Waals surface area contributed by atoms with Gasteiger partial charge in [0, 0.05) is 18.3 Å². The largest absolute Gasteiger partial charge is 0.349 e. The molecule has 2 N–H and O–H groups in total. The van der Waals surface area contributed by atoms with Gasteiger partial charge in [-0.25, -0.2) is 4.98 Å². The third-order valence-electron chi connectivity index (χ3n) is 2.49. The summed E-state index contributed by atoms with van der Waals surface area (Å²) in [6.45, 7) is 4.34. The molecule has 0 aliphatic carbocycles. The number of hydrogen-bond donors (Lipinski definition) is 2. The maximum Gasteiger partial charge on any atom is 0.288 e. The lowest BCUT2D eigenvalue weighted by molar-refractivity contribution is 0.0943. The van der Waals surface area contributed by atoms with Gasteiger partial charge >= 0.3 is 0 Å². The minimum Gasteiger partial charge on any atom is -0.349 e. The Morgan fingerprint density at radius 3 is 3.00 bits per heavy atom. The van der Waals surface area contributed by atoms with E-state index in [1.807, 2.05) is 6.92 Å². The van der Waals surface area contributed by atoms with Gasteiger partial charge in [0.15, 0.2) is 0 Å². The van der Waals surface area contributed by atoms with Crippen LogP contribution in [0, 0.1) is 6.92 Å². The summed E-state index contributed by atoms with van der Waals surface area (Å²) in [4.78, 5) is 31.4. The molecule has 0 saturated carbocycles. The molecule has 7 nitrogen and oxygen atoms in total. The molecule has 2 aromatic heterocycles. The number of unbranched alkanes of at least 4 members (excludes halogenated alkanes) is 1. The Labute approximate surface area is 103 Å². The number of aromatic amines is 1. The molecule has 0 radical (unpaired) electrons. The first-order valence-electron chi connectivity index (χ1n) is 5.86. The molecule has 2 heterocycles. The van der Waals surface area contributed by atoms with Gasteiger partial charge in [-0.2, -0.15) is 9.50 Å². The van der Waals surface area contributed by atoms with Crippen LogP contribution in [0.15, 0.2) is 10.9 Å². The van der Waals surface area contributed by atoms with Gasteiger partial charge in [-0.05, 0) is 13.3 Å². The molecular formula is C11H15N5O2. The second kappa shape index (κ2) is 4.99. The summed E-state index contributed by atoms with van der Waals surface area (Å²) in [5.74, 6) is -0.0204. The van der Waals surface area contributed by atoms with Crippen molar-refractivity contribution < 1.29 is 4.79 Å². The lowest BCUT2D eigenvalue weighted by atomic mass is 10.3. The summed E-state index contributed by atoms with van der Waals surface area (Å²) in [5.41, 5.74) is 0.294. The molecule has 0 fully saturated rings. The number of fused-ring (bicyclic) bond motifs is 1. The predicted molar refractivity (Wildman–Crippen MR) is 65.6 cm³/mol. The van der Waals surface area contributed by atoms with Crippen LogP contribution >= 0.6 is 0 Å². The van der Waals surface area contributed by atoms with E-state index in [1.54, 1.807) is 6.92 Å². The molecule has 2 rings (SSSR count). The number of carbonyl (C=O) groups is 1. The van der Waals surface area contributed by atoms with Gasteiger partial charge in [0.25, 0.3) is 17.2 Å². The van der Waals surface area contributed by atoms with Crippen molar-refractivity contribution in [3.05, 3.63) is 27.9 Å². The van der Waals surface area contributed by atoms with E-state index in [1.165, 1.54) is 6.07 Å². The summed E-state index contributed by atoms with van der Waals surface area (Å²) < 4.78 is 1.15. The molecule has 2 aromatic rings. The number of H-pyrrole nitrogens is 1. The van der Waals surface area contributed by atoms with Gasteiger partial charge in [-0.3, -0.25) is 14.7 Å². The molecule has 0 bridgehead atoms. The fourth-order valence-corrected chi connectivity index (χ4v) is 1.56. The molecule has 0 spiro atoms. The van der Waals surface area contributed by atoms with Gasteiger partial charge in [-0.1, -0.05) is 13.3 Å². The van der Waals surface area contributed by atoms with Gasteiger partial charge in [-0.15, -0.1) is 0 Å². The quantitative estimate of drug-likeness (QED) is 0.760. The van der Waals surface area contributed by atoms with Gasteiger partial charge < -0.3 is 5.32 Å². The van der Waals surface area contributed by atoms with E-state index in [-0.39, 0.29) is 23.1 Å². The van der Waals surface area contributed by atoms with Gasteiger partial charge in [0.1, 0.15) is 0 Å². The average Bonchev–Trinajstić information content (AvgIpc) is 2.73. The van der Waals surface area contributed by atoms with Crippen LogP contribution in [0.5, 0.6) is 0 Å². The lowest BCUT2D eigenvalue weighted by Gasteiger charge is -1.99. The predicted octanol–water partition coefficient (Wildman–Crippen LogP) is 0.256. The van der Waals surface area contributed by atoms with Crippen LogP contribution in [0.1, 0.15) is 36.1 Å². The highest BCUT2D eigenvalue weighted by atomic mass is 16.2. The molecule has 18 heavy (non-hydrogen) atoms. The van der Waals surface area contributed by atoms with Crippen molar-refractivity contribution in [2.45, 2.75) is 26.7 Å². The zero-order valence-corrected chi connectivity index (χ0v) is 10.4. The fraction of sp³-hybridized carbons (Fsp3) is 0.455. The topological polar surface area (TPSA) is 92.2 Å². The van der Waals surface area contributed by atoms with Crippen LogP contribution < -0.4 is 10.9 Å². The minimum atomic E-state index is -0.328.